The second-order valence-corrected chi connectivity index (χ2v) is 4.82. The Labute approximate surface area is 112 Å². The van der Waals surface area contributed by atoms with Crippen LogP contribution in [0.25, 0.3) is 11.1 Å². The van der Waals surface area contributed by atoms with E-state index >= 15 is 0 Å². The van der Waals surface area contributed by atoms with E-state index in [1.54, 1.807) is 0 Å². The summed E-state index contributed by atoms with van der Waals surface area (Å²) < 4.78 is 5.71. The van der Waals surface area contributed by atoms with Crippen molar-refractivity contribution in [2.75, 3.05) is 5.73 Å². The molecule has 3 aromatic rings. The van der Waals surface area contributed by atoms with E-state index < -0.39 is 0 Å². The molecule has 0 atom stereocenters. The molecule has 0 spiro atoms. The second kappa shape index (κ2) is 4.76. The van der Waals surface area contributed by atoms with Gasteiger partial charge in [0.05, 0.1) is 0 Å². The van der Waals surface area contributed by atoms with Crippen molar-refractivity contribution in [2.45, 2.75) is 19.8 Å². The number of fused-ring (bicyclic) bond motifs is 1. The number of hydrogen-bond acceptors (Lipinski definition) is 3. The summed E-state index contributed by atoms with van der Waals surface area (Å²) in [6.07, 6.45) is 1.74. The minimum Gasteiger partial charge on any atom is -0.441 e. The Balaban J connectivity index is 1.78. The van der Waals surface area contributed by atoms with Crippen molar-refractivity contribution >= 4 is 16.8 Å². The lowest BCUT2D eigenvalue weighted by Crippen LogP contribution is -1.91. The second-order valence-electron chi connectivity index (χ2n) is 4.82. The van der Waals surface area contributed by atoms with Crippen LogP contribution in [0.15, 0.2) is 46.9 Å². The highest BCUT2D eigenvalue weighted by molar-refractivity contribution is 5.76. The Morgan fingerprint density at radius 3 is 2.84 bits per heavy atom. The zero-order valence-electron chi connectivity index (χ0n) is 10.9. The number of aryl methyl sites for hydroxylation is 3. The number of rotatable bonds is 3. The maximum atomic E-state index is 5.73. The number of hydrogen-bond donors (Lipinski definition) is 1. The van der Waals surface area contributed by atoms with Crippen LogP contribution >= 0.6 is 0 Å². The number of nitrogens with two attached hydrogens (primary N) is 1. The Morgan fingerprint density at radius 2 is 2.00 bits per heavy atom. The van der Waals surface area contributed by atoms with Crippen LogP contribution in [0.1, 0.15) is 17.0 Å². The first-order valence-corrected chi connectivity index (χ1v) is 6.41. The fraction of sp³-hybridized carbons (Fsp3) is 0.188. The van der Waals surface area contributed by atoms with Crippen LogP contribution in [0.2, 0.25) is 0 Å². The summed E-state index contributed by atoms with van der Waals surface area (Å²) in [5.74, 6) is 0.766. The highest BCUT2D eigenvalue weighted by Crippen LogP contribution is 2.19. The molecule has 3 nitrogen and oxygen atoms in total. The Morgan fingerprint density at radius 1 is 1.11 bits per heavy atom. The Hall–Kier alpha value is -2.29. The van der Waals surface area contributed by atoms with E-state index in [-0.39, 0.29) is 0 Å². The molecule has 2 N–H and O–H groups in total. The Kier molecular flexibility index (Phi) is 2.95. The number of anilines is 1. The summed E-state index contributed by atoms with van der Waals surface area (Å²) in [6.45, 7) is 2.10. The molecule has 0 aliphatic heterocycles. The smallest absolute Gasteiger partial charge is 0.195 e. The lowest BCUT2D eigenvalue weighted by atomic mass is 10.1. The highest BCUT2D eigenvalue weighted by atomic mass is 16.3. The fourth-order valence-electron chi connectivity index (χ4n) is 2.22. The van der Waals surface area contributed by atoms with E-state index in [1.165, 1.54) is 11.1 Å². The molecule has 0 aliphatic carbocycles. The molecule has 1 aromatic heterocycles. The SMILES string of the molecule is Cc1cccc(CCc2nc3cc(N)ccc3o2)c1. The fourth-order valence-corrected chi connectivity index (χ4v) is 2.22. The van der Waals surface area contributed by atoms with E-state index in [9.17, 15) is 0 Å². The third-order valence-corrected chi connectivity index (χ3v) is 3.17. The number of oxazole rings is 1. The Bertz CT molecular complexity index is 716. The van der Waals surface area contributed by atoms with Crippen LogP contribution in [-0.2, 0) is 12.8 Å². The zero-order valence-corrected chi connectivity index (χ0v) is 10.9. The zero-order chi connectivity index (χ0) is 13.2. The number of aromatic nitrogens is 1. The number of benzene rings is 2. The predicted octanol–water partition coefficient (Wildman–Crippen LogP) is 3.50. The first-order chi connectivity index (χ1) is 9.20. The first kappa shape index (κ1) is 11.8. The average molecular weight is 252 g/mol. The lowest BCUT2D eigenvalue weighted by Gasteiger charge is -1.99. The molecular weight excluding hydrogens is 236 g/mol. The van der Waals surface area contributed by atoms with Crippen molar-refractivity contribution in [3.05, 3.63) is 59.5 Å². The van der Waals surface area contributed by atoms with Crippen molar-refractivity contribution in [3.63, 3.8) is 0 Å². The van der Waals surface area contributed by atoms with Gasteiger partial charge in [0.15, 0.2) is 11.5 Å². The molecule has 0 saturated carbocycles. The molecule has 1 heterocycles. The molecule has 0 fully saturated rings. The van der Waals surface area contributed by atoms with Crippen LogP contribution in [-0.4, -0.2) is 4.98 Å². The molecule has 0 aliphatic rings. The van der Waals surface area contributed by atoms with Crippen molar-refractivity contribution in [1.29, 1.82) is 0 Å². The van der Waals surface area contributed by atoms with Gasteiger partial charge in [-0.05, 0) is 37.1 Å². The third-order valence-electron chi connectivity index (χ3n) is 3.17. The maximum Gasteiger partial charge on any atom is 0.195 e. The summed E-state index contributed by atoms with van der Waals surface area (Å²) in [4.78, 5) is 4.46. The summed E-state index contributed by atoms with van der Waals surface area (Å²) in [5, 5.41) is 0. The van der Waals surface area contributed by atoms with E-state index in [4.69, 9.17) is 10.2 Å². The van der Waals surface area contributed by atoms with Crippen molar-refractivity contribution in [1.82, 2.24) is 4.98 Å². The van der Waals surface area contributed by atoms with Crippen LogP contribution in [0.5, 0.6) is 0 Å². The van der Waals surface area contributed by atoms with Gasteiger partial charge in [-0.3, -0.25) is 0 Å². The van der Waals surface area contributed by atoms with Gasteiger partial charge in [0.2, 0.25) is 0 Å². The molecule has 19 heavy (non-hydrogen) atoms. The lowest BCUT2D eigenvalue weighted by molar-refractivity contribution is 0.528. The molecular formula is C16H16N2O. The van der Waals surface area contributed by atoms with Crippen LogP contribution in [0.4, 0.5) is 5.69 Å². The van der Waals surface area contributed by atoms with Gasteiger partial charge in [-0.15, -0.1) is 0 Å². The first-order valence-electron chi connectivity index (χ1n) is 6.41. The van der Waals surface area contributed by atoms with Gasteiger partial charge in [0, 0.05) is 12.1 Å². The molecule has 0 unspecified atom stereocenters. The van der Waals surface area contributed by atoms with Gasteiger partial charge < -0.3 is 10.2 Å². The van der Waals surface area contributed by atoms with Gasteiger partial charge in [-0.2, -0.15) is 0 Å². The molecule has 3 rings (SSSR count). The highest BCUT2D eigenvalue weighted by Gasteiger charge is 2.06. The van der Waals surface area contributed by atoms with Gasteiger partial charge in [-0.25, -0.2) is 4.98 Å². The van der Waals surface area contributed by atoms with Gasteiger partial charge in [-0.1, -0.05) is 29.8 Å². The number of nitrogens with zero attached hydrogens (tertiary/aromatic N) is 1. The van der Waals surface area contributed by atoms with E-state index in [2.05, 4.69) is 36.2 Å². The molecule has 3 heteroatoms. The summed E-state index contributed by atoms with van der Waals surface area (Å²) in [7, 11) is 0. The molecule has 0 radical (unpaired) electrons. The van der Waals surface area contributed by atoms with Crippen molar-refractivity contribution < 1.29 is 4.42 Å². The van der Waals surface area contributed by atoms with Crippen LogP contribution in [0, 0.1) is 6.92 Å². The predicted molar refractivity (Wildman–Crippen MR) is 77.0 cm³/mol. The van der Waals surface area contributed by atoms with Crippen molar-refractivity contribution in [2.24, 2.45) is 0 Å². The molecule has 2 aromatic carbocycles. The third kappa shape index (κ3) is 2.60. The van der Waals surface area contributed by atoms with E-state index in [1.807, 2.05) is 18.2 Å². The maximum absolute atomic E-state index is 5.73. The van der Waals surface area contributed by atoms with E-state index in [0.717, 1.165) is 29.8 Å². The molecule has 0 bridgehead atoms. The normalized spacial score (nSPS) is 11.0. The minimum atomic E-state index is 0.714. The summed E-state index contributed by atoms with van der Waals surface area (Å²) in [5.41, 5.74) is 10.7. The standard InChI is InChI=1S/C16H16N2O/c1-11-3-2-4-12(9-11)5-8-16-18-14-10-13(17)6-7-15(14)19-16/h2-4,6-7,9-10H,5,8,17H2,1H3. The topological polar surface area (TPSA) is 52.0 Å². The minimum absolute atomic E-state index is 0.714. The van der Waals surface area contributed by atoms with Crippen molar-refractivity contribution in [3.8, 4) is 0 Å². The monoisotopic (exact) mass is 252 g/mol. The largest absolute Gasteiger partial charge is 0.441 e. The number of nitrogen functional groups attached to an aromatic ring is 1. The summed E-state index contributed by atoms with van der Waals surface area (Å²) >= 11 is 0. The average Bonchev–Trinajstić information content (AvgIpc) is 2.78. The quantitative estimate of drug-likeness (QED) is 0.726. The van der Waals surface area contributed by atoms with Gasteiger partial charge in [0.25, 0.3) is 0 Å². The van der Waals surface area contributed by atoms with Gasteiger partial charge >= 0.3 is 0 Å². The van der Waals surface area contributed by atoms with Crippen LogP contribution < -0.4 is 5.73 Å². The van der Waals surface area contributed by atoms with Crippen LogP contribution in [0.3, 0.4) is 0 Å². The van der Waals surface area contributed by atoms with Gasteiger partial charge in [0.1, 0.15) is 5.52 Å². The molecule has 96 valence electrons. The molecule has 0 saturated heterocycles. The molecule has 0 amide bonds. The van der Waals surface area contributed by atoms with E-state index in [0.29, 0.717) is 5.69 Å². The summed E-state index contributed by atoms with van der Waals surface area (Å²) in [6, 6.07) is 14.1.